The Morgan fingerprint density at radius 2 is 1.70 bits per heavy atom. The lowest BCUT2D eigenvalue weighted by Crippen LogP contribution is -2.43. The average Bonchev–Trinajstić information content (AvgIpc) is 2.58. The number of amides is 3. The van der Waals surface area contributed by atoms with Crippen LogP contribution in [0.5, 0.6) is 0 Å². The number of benzene rings is 1. The Bertz CT molecular complexity index is 641. The number of carbonyl (C=O) groups excluding carboxylic acids is 2. The molecule has 0 heterocycles. The summed E-state index contributed by atoms with van der Waals surface area (Å²) >= 11 is 0. The first kappa shape index (κ1) is 22.8. The summed E-state index contributed by atoms with van der Waals surface area (Å²) in [5.74, 6) is 0.431. The third kappa shape index (κ3) is 6.45. The van der Waals surface area contributed by atoms with Gasteiger partial charge in [0.2, 0.25) is 5.91 Å². The molecule has 6 nitrogen and oxygen atoms in total. The van der Waals surface area contributed by atoms with Gasteiger partial charge in [-0.15, -0.1) is 0 Å². The number of anilines is 2. The molecule has 0 aromatic heterocycles. The van der Waals surface area contributed by atoms with E-state index in [0.717, 1.165) is 16.9 Å². The number of carbonyl (C=O) groups is 2. The summed E-state index contributed by atoms with van der Waals surface area (Å²) in [5.41, 5.74) is 2.76. The fraction of sp³-hybridized carbons (Fsp3) is 0.619. The van der Waals surface area contributed by atoms with Crippen molar-refractivity contribution in [2.75, 3.05) is 30.9 Å². The summed E-state index contributed by atoms with van der Waals surface area (Å²) in [7, 11) is 3.96. The van der Waals surface area contributed by atoms with Crippen molar-refractivity contribution in [2.45, 2.75) is 54.1 Å². The molecular formula is C21H36N4O2. The predicted molar refractivity (Wildman–Crippen MR) is 113 cm³/mol. The van der Waals surface area contributed by atoms with Gasteiger partial charge < -0.3 is 20.4 Å². The van der Waals surface area contributed by atoms with E-state index in [1.807, 2.05) is 62.9 Å². The summed E-state index contributed by atoms with van der Waals surface area (Å²) < 4.78 is 0. The summed E-state index contributed by atoms with van der Waals surface area (Å²) in [6, 6.07) is 5.71. The van der Waals surface area contributed by atoms with Crippen LogP contribution < -0.4 is 15.5 Å². The highest BCUT2D eigenvalue weighted by Gasteiger charge is 2.26. The zero-order valence-corrected chi connectivity index (χ0v) is 18.1. The Kier molecular flexibility index (Phi) is 8.60. The van der Waals surface area contributed by atoms with Crippen molar-refractivity contribution in [3.63, 3.8) is 0 Å². The predicted octanol–water partition coefficient (Wildman–Crippen LogP) is 3.92. The summed E-state index contributed by atoms with van der Waals surface area (Å²) in [5, 5.41) is 5.59. The highest BCUT2D eigenvalue weighted by Crippen LogP contribution is 2.27. The van der Waals surface area contributed by atoms with Gasteiger partial charge in [-0.05, 0) is 43.5 Å². The maximum atomic E-state index is 12.9. The van der Waals surface area contributed by atoms with E-state index in [2.05, 4.69) is 31.4 Å². The van der Waals surface area contributed by atoms with Crippen LogP contribution >= 0.6 is 0 Å². The third-order valence-corrected chi connectivity index (χ3v) is 4.73. The average molecular weight is 377 g/mol. The fourth-order valence-corrected chi connectivity index (χ4v) is 2.86. The van der Waals surface area contributed by atoms with Gasteiger partial charge in [-0.1, -0.05) is 27.7 Å². The van der Waals surface area contributed by atoms with Crippen LogP contribution in [0.1, 0.15) is 47.1 Å². The van der Waals surface area contributed by atoms with E-state index in [0.29, 0.717) is 19.0 Å². The lowest BCUT2D eigenvalue weighted by atomic mass is 10.0. The number of urea groups is 1. The molecule has 1 atom stereocenters. The molecule has 0 saturated carbocycles. The molecule has 0 aliphatic heterocycles. The maximum absolute atomic E-state index is 12.9. The van der Waals surface area contributed by atoms with Crippen LogP contribution in [0.15, 0.2) is 18.2 Å². The Balaban J connectivity index is 3.24. The van der Waals surface area contributed by atoms with Crippen LogP contribution in [-0.4, -0.2) is 43.5 Å². The first-order valence-electron chi connectivity index (χ1n) is 9.74. The van der Waals surface area contributed by atoms with Crippen LogP contribution in [-0.2, 0) is 11.3 Å². The van der Waals surface area contributed by atoms with E-state index in [1.165, 1.54) is 0 Å². The molecule has 1 aromatic carbocycles. The molecule has 27 heavy (non-hydrogen) atoms. The van der Waals surface area contributed by atoms with Gasteiger partial charge in [0.25, 0.3) is 0 Å². The number of hydrogen-bond donors (Lipinski definition) is 2. The molecule has 3 amide bonds. The second kappa shape index (κ2) is 10.2. The molecule has 1 rings (SSSR count). The van der Waals surface area contributed by atoms with Crippen LogP contribution in [0.3, 0.4) is 0 Å². The second-order valence-corrected chi connectivity index (χ2v) is 7.83. The number of nitrogens with one attached hydrogen (secondary N) is 2. The van der Waals surface area contributed by atoms with Gasteiger partial charge in [-0.2, -0.15) is 0 Å². The lowest BCUT2D eigenvalue weighted by Gasteiger charge is -2.34. The van der Waals surface area contributed by atoms with Gasteiger partial charge in [-0.3, -0.25) is 4.79 Å². The molecule has 0 aliphatic rings. The standard InChI is InChI=1S/C21H36N4O2/c1-9-22-21(27)23-18-10-11-19(24(7)8)17(12-18)13-25(16(6)14(2)3)20(26)15(4)5/h10-12,14-16H,9,13H2,1-8H3,(H2,22,23,27)/t16-/m1/s1. The molecule has 152 valence electrons. The summed E-state index contributed by atoms with van der Waals surface area (Å²) in [6.45, 7) is 13.2. The second-order valence-electron chi connectivity index (χ2n) is 7.83. The molecular weight excluding hydrogens is 340 g/mol. The summed E-state index contributed by atoms with van der Waals surface area (Å²) in [6.07, 6.45) is 0. The minimum Gasteiger partial charge on any atom is -0.377 e. The van der Waals surface area contributed by atoms with Gasteiger partial charge >= 0.3 is 6.03 Å². The van der Waals surface area contributed by atoms with Crippen LogP contribution in [0.2, 0.25) is 0 Å². The van der Waals surface area contributed by atoms with Gasteiger partial charge in [0, 0.05) is 50.5 Å². The van der Waals surface area contributed by atoms with Crippen molar-refractivity contribution >= 4 is 23.3 Å². The van der Waals surface area contributed by atoms with Crippen molar-refractivity contribution < 1.29 is 9.59 Å². The van der Waals surface area contributed by atoms with Gasteiger partial charge in [0.15, 0.2) is 0 Å². The van der Waals surface area contributed by atoms with E-state index < -0.39 is 0 Å². The molecule has 0 fully saturated rings. The Hall–Kier alpha value is -2.24. The largest absolute Gasteiger partial charge is 0.377 e. The van der Waals surface area contributed by atoms with E-state index in [-0.39, 0.29) is 23.9 Å². The SMILES string of the molecule is CCNC(=O)Nc1ccc(N(C)C)c(CN(C(=O)C(C)C)[C@H](C)C(C)C)c1. The van der Waals surface area contributed by atoms with Crippen LogP contribution in [0, 0.1) is 11.8 Å². The molecule has 0 radical (unpaired) electrons. The van der Waals surface area contributed by atoms with E-state index >= 15 is 0 Å². The molecule has 0 saturated heterocycles. The highest BCUT2D eigenvalue weighted by atomic mass is 16.2. The molecule has 0 spiro atoms. The molecule has 6 heteroatoms. The van der Waals surface area contributed by atoms with Crippen LogP contribution in [0.25, 0.3) is 0 Å². The van der Waals surface area contributed by atoms with E-state index in [1.54, 1.807) is 0 Å². The smallest absolute Gasteiger partial charge is 0.319 e. The molecule has 1 aromatic rings. The molecule has 0 unspecified atom stereocenters. The van der Waals surface area contributed by atoms with Crippen molar-refractivity contribution in [3.8, 4) is 0 Å². The molecule has 0 aliphatic carbocycles. The lowest BCUT2D eigenvalue weighted by molar-refractivity contribution is -0.138. The van der Waals surface area contributed by atoms with Crippen molar-refractivity contribution in [1.82, 2.24) is 10.2 Å². The maximum Gasteiger partial charge on any atom is 0.319 e. The first-order chi connectivity index (χ1) is 12.6. The van der Waals surface area contributed by atoms with Gasteiger partial charge in [0.1, 0.15) is 0 Å². The number of hydrogen-bond acceptors (Lipinski definition) is 3. The molecule has 0 bridgehead atoms. The van der Waals surface area contributed by atoms with E-state index in [9.17, 15) is 9.59 Å². The van der Waals surface area contributed by atoms with E-state index in [4.69, 9.17) is 0 Å². The van der Waals surface area contributed by atoms with Crippen molar-refractivity contribution in [3.05, 3.63) is 23.8 Å². The molecule has 2 N–H and O–H groups in total. The topological polar surface area (TPSA) is 64.7 Å². The fourth-order valence-electron chi connectivity index (χ4n) is 2.86. The van der Waals surface area contributed by atoms with Gasteiger partial charge in [0.05, 0.1) is 0 Å². The van der Waals surface area contributed by atoms with Gasteiger partial charge in [-0.25, -0.2) is 4.79 Å². The summed E-state index contributed by atoms with van der Waals surface area (Å²) in [4.78, 5) is 28.7. The van der Waals surface area contributed by atoms with Crippen molar-refractivity contribution in [1.29, 1.82) is 0 Å². The number of nitrogens with zero attached hydrogens (tertiary/aromatic N) is 2. The van der Waals surface area contributed by atoms with Crippen molar-refractivity contribution in [2.24, 2.45) is 11.8 Å². The Morgan fingerprint density at radius 1 is 1.07 bits per heavy atom. The Labute approximate surface area is 164 Å². The number of rotatable bonds is 8. The minimum absolute atomic E-state index is 0.0642. The van der Waals surface area contributed by atoms with Crippen LogP contribution in [0.4, 0.5) is 16.2 Å². The quantitative estimate of drug-likeness (QED) is 0.723. The highest BCUT2D eigenvalue weighted by molar-refractivity contribution is 5.89. The Morgan fingerprint density at radius 3 is 2.19 bits per heavy atom. The minimum atomic E-state index is -0.230. The first-order valence-corrected chi connectivity index (χ1v) is 9.74. The third-order valence-electron chi connectivity index (χ3n) is 4.73. The normalized spacial score (nSPS) is 12.1. The zero-order chi connectivity index (χ0) is 20.7. The monoisotopic (exact) mass is 376 g/mol. The zero-order valence-electron chi connectivity index (χ0n) is 18.1.